The summed E-state index contributed by atoms with van der Waals surface area (Å²) >= 11 is 0. The lowest BCUT2D eigenvalue weighted by Crippen LogP contribution is -2.48. The van der Waals surface area contributed by atoms with Crippen LogP contribution in [0.1, 0.15) is 36.6 Å². The Labute approximate surface area is 149 Å². The van der Waals surface area contributed by atoms with Gasteiger partial charge in [0.1, 0.15) is 5.60 Å². The van der Waals surface area contributed by atoms with Crippen LogP contribution in [0.25, 0.3) is 0 Å². The zero-order valence-corrected chi connectivity index (χ0v) is 13.9. The molecule has 0 aromatic heterocycles. The Balaban J connectivity index is 1.57. The molecule has 0 N–H and O–H groups in total. The van der Waals surface area contributed by atoms with Crippen molar-refractivity contribution >= 4 is 17.8 Å². The second kappa shape index (κ2) is 6.05. The van der Waals surface area contributed by atoms with Crippen molar-refractivity contribution in [2.75, 3.05) is 20.3 Å². The Bertz CT molecular complexity index is 877. The summed E-state index contributed by atoms with van der Waals surface area (Å²) in [4.78, 5) is 42.1. The summed E-state index contributed by atoms with van der Waals surface area (Å²) in [5.74, 6) is -2.11. The van der Waals surface area contributed by atoms with Crippen molar-refractivity contribution in [1.82, 2.24) is 5.06 Å². The van der Waals surface area contributed by atoms with Crippen molar-refractivity contribution in [3.8, 4) is 0 Å². The number of benzene rings is 2. The number of ether oxygens (including phenoxy) is 2. The van der Waals surface area contributed by atoms with E-state index in [1.807, 2.05) is 6.07 Å². The largest absolute Gasteiger partial charge is 0.375 e. The number of hydroxylamine groups is 2. The van der Waals surface area contributed by atoms with Crippen LogP contribution < -0.4 is 0 Å². The first kappa shape index (κ1) is 16.4. The van der Waals surface area contributed by atoms with E-state index in [1.54, 1.807) is 37.4 Å². The first-order chi connectivity index (χ1) is 12.6. The lowest BCUT2D eigenvalue weighted by molar-refractivity contribution is -0.202. The molecule has 4 rings (SSSR count). The van der Waals surface area contributed by atoms with E-state index < -0.39 is 23.4 Å². The highest BCUT2D eigenvalue weighted by Crippen LogP contribution is 2.33. The predicted molar refractivity (Wildman–Crippen MR) is 88.3 cm³/mol. The third-order valence-electron chi connectivity index (χ3n) is 4.62. The fourth-order valence-corrected chi connectivity index (χ4v) is 3.01. The molecule has 0 atom stereocenters. The molecule has 0 unspecified atom stereocenters. The van der Waals surface area contributed by atoms with Gasteiger partial charge in [0.05, 0.1) is 29.9 Å². The van der Waals surface area contributed by atoms with Crippen LogP contribution in [0.3, 0.4) is 0 Å². The molecule has 0 spiro atoms. The predicted octanol–water partition coefficient (Wildman–Crippen LogP) is 1.93. The van der Waals surface area contributed by atoms with Crippen molar-refractivity contribution in [1.29, 1.82) is 0 Å². The van der Waals surface area contributed by atoms with Crippen LogP contribution in [-0.2, 0) is 19.9 Å². The number of rotatable bonds is 4. The number of imide groups is 1. The topological polar surface area (TPSA) is 82.1 Å². The Morgan fingerprint density at radius 2 is 1.69 bits per heavy atom. The van der Waals surface area contributed by atoms with Gasteiger partial charge in [0.2, 0.25) is 0 Å². The molecule has 2 aromatic rings. The lowest BCUT2D eigenvalue weighted by atomic mass is 9.90. The molecule has 2 aliphatic heterocycles. The van der Waals surface area contributed by atoms with Crippen LogP contribution in [0.5, 0.6) is 0 Å². The van der Waals surface area contributed by atoms with Crippen molar-refractivity contribution in [3.05, 3.63) is 70.8 Å². The van der Waals surface area contributed by atoms with Crippen LogP contribution in [0.15, 0.2) is 48.5 Å². The third-order valence-corrected chi connectivity index (χ3v) is 4.62. The molecule has 1 fully saturated rings. The van der Waals surface area contributed by atoms with E-state index in [0.29, 0.717) is 18.3 Å². The molecule has 2 aromatic carbocycles. The number of fused-ring (bicyclic) bond motifs is 1. The van der Waals surface area contributed by atoms with Gasteiger partial charge in [-0.3, -0.25) is 9.59 Å². The van der Waals surface area contributed by atoms with Gasteiger partial charge in [-0.2, -0.15) is 0 Å². The maximum absolute atomic E-state index is 12.5. The van der Waals surface area contributed by atoms with E-state index in [4.69, 9.17) is 14.3 Å². The number of methoxy groups -OCH3 is 1. The molecule has 7 nitrogen and oxygen atoms in total. The van der Waals surface area contributed by atoms with Gasteiger partial charge in [0, 0.05) is 7.11 Å². The Morgan fingerprint density at radius 1 is 1.04 bits per heavy atom. The molecule has 1 saturated heterocycles. The smallest absolute Gasteiger partial charge is 0.363 e. The number of carbonyl (C=O) groups is 3. The van der Waals surface area contributed by atoms with Crippen molar-refractivity contribution in [2.45, 2.75) is 5.60 Å². The molecule has 0 bridgehead atoms. The second-order valence-electron chi connectivity index (χ2n) is 6.10. The maximum atomic E-state index is 12.5. The van der Waals surface area contributed by atoms with Crippen molar-refractivity contribution < 1.29 is 28.7 Å². The maximum Gasteiger partial charge on any atom is 0.363 e. The number of carbonyl (C=O) groups excluding carboxylic acids is 3. The van der Waals surface area contributed by atoms with Gasteiger partial charge >= 0.3 is 5.97 Å². The summed E-state index contributed by atoms with van der Waals surface area (Å²) < 4.78 is 10.7. The molecule has 26 heavy (non-hydrogen) atoms. The van der Waals surface area contributed by atoms with Gasteiger partial charge in [0.15, 0.2) is 0 Å². The van der Waals surface area contributed by atoms with Gasteiger partial charge in [0.25, 0.3) is 11.8 Å². The van der Waals surface area contributed by atoms with E-state index >= 15 is 0 Å². The lowest BCUT2D eigenvalue weighted by Gasteiger charge is -2.40. The Morgan fingerprint density at radius 3 is 2.23 bits per heavy atom. The van der Waals surface area contributed by atoms with E-state index in [2.05, 4.69) is 0 Å². The zero-order valence-electron chi connectivity index (χ0n) is 13.9. The van der Waals surface area contributed by atoms with E-state index in [1.165, 1.54) is 12.1 Å². The number of hydrogen-bond acceptors (Lipinski definition) is 6. The molecular weight excluding hydrogens is 338 g/mol. The summed E-state index contributed by atoms with van der Waals surface area (Å²) in [6, 6.07) is 13.0. The fourth-order valence-electron chi connectivity index (χ4n) is 3.01. The standard InChI is InChI=1S/C19H15NO6/c1-24-19(10-25-11-19)13-6-4-5-12(9-13)18(23)26-20-16(21)14-7-2-3-8-15(14)17(20)22/h2-9H,10-11H2,1H3. The molecule has 132 valence electrons. The van der Waals surface area contributed by atoms with Gasteiger partial charge in [-0.05, 0) is 29.8 Å². The highest BCUT2D eigenvalue weighted by atomic mass is 16.7. The first-order valence-corrected chi connectivity index (χ1v) is 7.99. The average molecular weight is 353 g/mol. The monoisotopic (exact) mass is 353 g/mol. The average Bonchev–Trinajstić information content (AvgIpc) is 2.87. The van der Waals surface area contributed by atoms with Gasteiger partial charge in [-0.15, -0.1) is 0 Å². The Hall–Kier alpha value is -3.03. The van der Waals surface area contributed by atoms with Crippen LogP contribution >= 0.6 is 0 Å². The van der Waals surface area contributed by atoms with Gasteiger partial charge < -0.3 is 14.3 Å². The highest BCUT2D eigenvalue weighted by molar-refractivity contribution is 6.21. The molecular formula is C19H15NO6. The van der Waals surface area contributed by atoms with E-state index in [-0.39, 0.29) is 16.7 Å². The fraction of sp³-hybridized carbons (Fsp3) is 0.211. The van der Waals surface area contributed by atoms with E-state index in [9.17, 15) is 14.4 Å². The Kier molecular flexibility index (Phi) is 3.82. The highest BCUT2D eigenvalue weighted by Gasteiger charge is 2.42. The van der Waals surface area contributed by atoms with Gasteiger partial charge in [-0.25, -0.2) is 4.79 Å². The zero-order chi connectivity index (χ0) is 18.3. The molecule has 0 radical (unpaired) electrons. The summed E-state index contributed by atoms with van der Waals surface area (Å²) in [6.45, 7) is 0.779. The van der Waals surface area contributed by atoms with E-state index in [0.717, 1.165) is 5.56 Å². The molecule has 2 amide bonds. The van der Waals surface area contributed by atoms with Crippen molar-refractivity contribution in [3.63, 3.8) is 0 Å². The minimum absolute atomic E-state index is 0.211. The van der Waals surface area contributed by atoms with Crippen LogP contribution in [0.4, 0.5) is 0 Å². The summed E-state index contributed by atoms with van der Waals surface area (Å²) in [6.07, 6.45) is 0. The number of amides is 2. The minimum Gasteiger partial charge on any atom is -0.375 e. The van der Waals surface area contributed by atoms with Gasteiger partial charge in [-0.1, -0.05) is 29.3 Å². The van der Waals surface area contributed by atoms with Crippen molar-refractivity contribution in [2.24, 2.45) is 0 Å². The summed E-state index contributed by atoms with van der Waals surface area (Å²) in [7, 11) is 1.58. The first-order valence-electron chi connectivity index (χ1n) is 7.99. The molecule has 7 heteroatoms. The quantitative estimate of drug-likeness (QED) is 0.781. The van der Waals surface area contributed by atoms with Crippen LogP contribution in [-0.4, -0.2) is 43.2 Å². The summed E-state index contributed by atoms with van der Waals surface area (Å²) in [5, 5.41) is 0.498. The number of nitrogens with zero attached hydrogens (tertiary/aromatic N) is 1. The number of hydrogen-bond donors (Lipinski definition) is 0. The minimum atomic E-state index is -0.798. The van der Waals surface area contributed by atoms with Crippen LogP contribution in [0.2, 0.25) is 0 Å². The second-order valence-corrected chi connectivity index (χ2v) is 6.10. The molecule has 2 aliphatic rings. The summed E-state index contributed by atoms with van der Waals surface area (Å²) in [5.41, 5.74) is 0.810. The molecule has 2 heterocycles. The SMILES string of the molecule is COC1(c2cccc(C(=O)ON3C(=O)c4ccccc4C3=O)c2)COC1. The van der Waals surface area contributed by atoms with Crippen LogP contribution in [0, 0.1) is 0 Å². The molecule has 0 saturated carbocycles. The molecule has 0 aliphatic carbocycles. The third kappa shape index (κ3) is 2.40. The normalized spacial score (nSPS) is 17.7.